The lowest BCUT2D eigenvalue weighted by molar-refractivity contribution is 0.395. The van der Waals surface area contributed by atoms with Crippen LogP contribution in [0.2, 0.25) is 0 Å². The summed E-state index contributed by atoms with van der Waals surface area (Å²) in [4.78, 5) is 0. The van der Waals surface area contributed by atoms with E-state index in [0.717, 1.165) is 29.3 Å². The van der Waals surface area contributed by atoms with Crippen molar-refractivity contribution in [2.75, 3.05) is 24.9 Å². The summed E-state index contributed by atoms with van der Waals surface area (Å²) in [7, 11) is 3.23. The van der Waals surface area contributed by atoms with Crippen LogP contribution in [0.1, 0.15) is 17.0 Å². The number of benzene rings is 2. The molecule has 0 aliphatic heterocycles. The van der Waals surface area contributed by atoms with Crippen molar-refractivity contribution in [1.82, 2.24) is 9.78 Å². The first-order valence-corrected chi connectivity index (χ1v) is 9.28. The molecule has 0 aliphatic rings. The highest BCUT2D eigenvalue weighted by molar-refractivity contribution is 7.80. The van der Waals surface area contributed by atoms with Crippen molar-refractivity contribution < 1.29 is 9.47 Å². The van der Waals surface area contributed by atoms with Crippen LogP contribution in [0.5, 0.6) is 11.5 Å². The molecule has 28 heavy (non-hydrogen) atoms. The van der Waals surface area contributed by atoms with E-state index in [2.05, 4.69) is 40.9 Å². The van der Waals surface area contributed by atoms with Crippen molar-refractivity contribution in [2.24, 2.45) is 0 Å². The predicted molar refractivity (Wildman–Crippen MR) is 117 cm³/mol. The minimum absolute atomic E-state index is 0.488. The van der Waals surface area contributed by atoms with E-state index in [9.17, 15) is 0 Å². The predicted octanol–water partition coefficient (Wildman–Crippen LogP) is 4.37. The van der Waals surface area contributed by atoms with E-state index in [4.69, 9.17) is 21.7 Å². The summed E-state index contributed by atoms with van der Waals surface area (Å²) in [6.07, 6.45) is 0. The third-order valence-electron chi connectivity index (χ3n) is 4.26. The van der Waals surface area contributed by atoms with Gasteiger partial charge in [0.25, 0.3) is 0 Å². The second-order valence-electron chi connectivity index (χ2n) is 6.46. The molecular formula is C21H24N4O2S. The van der Waals surface area contributed by atoms with E-state index in [1.807, 2.05) is 41.9 Å². The lowest BCUT2D eigenvalue weighted by Crippen LogP contribution is -2.19. The molecule has 0 aliphatic carbocycles. The molecule has 3 aromatic rings. The van der Waals surface area contributed by atoms with Crippen LogP contribution >= 0.6 is 12.2 Å². The summed E-state index contributed by atoms with van der Waals surface area (Å²) >= 11 is 5.42. The molecule has 3 rings (SSSR count). The Balaban J connectivity index is 1.62. The first-order valence-electron chi connectivity index (χ1n) is 8.88. The fourth-order valence-electron chi connectivity index (χ4n) is 2.87. The lowest BCUT2D eigenvalue weighted by atomic mass is 10.2. The van der Waals surface area contributed by atoms with Crippen molar-refractivity contribution in [3.63, 3.8) is 0 Å². The molecule has 0 radical (unpaired) electrons. The van der Waals surface area contributed by atoms with Crippen molar-refractivity contribution >= 4 is 28.7 Å². The zero-order valence-electron chi connectivity index (χ0n) is 16.4. The average molecular weight is 397 g/mol. The van der Waals surface area contributed by atoms with Crippen molar-refractivity contribution in [3.8, 4) is 11.5 Å². The van der Waals surface area contributed by atoms with Gasteiger partial charge in [0.05, 0.1) is 26.5 Å². The highest BCUT2D eigenvalue weighted by Crippen LogP contribution is 2.26. The standard InChI is InChI=1S/C21H24N4O2S/c1-14-9-15(2)25(24-14)13-16-5-7-17(8-6-16)22-21(28)23-18-10-19(26-3)12-20(11-18)27-4/h5-12H,13H2,1-4H3,(H2,22,23,28). The summed E-state index contributed by atoms with van der Waals surface area (Å²) in [6.45, 7) is 4.81. The van der Waals surface area contributed by atoms with Crippen LogP contribution < -0.4 is 20.1 Å². The van der Waals surface area contributed by atoms with Crippen LogP contribution in [0, 0.1) is 13.8 Å². The molecule has 1 heterocycles. The Morgan fingerprint density at radius 1 is 0.929 bits per heavy atom. The molecule has 0 amide bonds. The molecule has 7 heteroatoms. The van der Waals surface area contributed by atoms with Gasteiger partial charge < -0.3 is 20.1 Å². The Morgan fingerprint density at radius 2 is 1.54 bits per heavy atom. The Hall–Kier alpha value is -3.06. The number of nitrogens with zero attached hydrogens (tertiary/aromatic N) is 2. The van der Waals surface area contributed by atoms with Crippen LogP contribution in [-0.4, -0.2) is 29.1 Å². The maximum atomic E-state index is 5.42. The zero-order chi connectivity index (χ0) is 20.1. The molecular weight excluding hydrogens is 372 g/mol. The Morgan fingerprint density at radius 3 is 2.07 bits per heavy atom. The van der Waals surface area contributed by atoms with Crippen molar-refractivity contribution in [3.05, 3.63) is 65.5 Å². The Labute approximate surface area is 170 Å². The van der Waals surface area contributed by atoms with Gasteiger partial charge >= 0.3 is 0 Å². The number of hydrogen-bond acceptors (Lipinski definition) is 4. The fraction of sp³-hybridized carbons (Fsp3) is 0.238. The molecule has 146 valence electrons. The van der Waals surface area contributed by atoms with Gasteiger partial charge in [-0.25, -0.2) is 0 Å². The third-order valence-corrected chi connectivity index (χ3v) is 4.46. The van der Waals surface area contributed by atoms with Gasteiger partial charge in [-0.05, 0) is 49.8 Å². The van der Waals surface area contributed by atoms with Crippen LogP contribution in [-0.2, 0) is 6.54 Å². The molecule has 0 saturated carbocycles. The van der Waals surface area contributed by atoms with Crippen LogP contribution in [0.3, 0.4) is 0 Å². The van der Waals surface area contributed by atoms with Crippen LogP contribution in [0.4, 0.5) is 11.4 Å². The summed E-state index contributed by atoms with van der Waals surface area (Å²) in [5.74, 6) is 1.39. The molecule has 1 aromatic heterocycles. The molecule has 0 bridgehead atoms. The summed E-state index contributed by atoms with van der Waals surface area (Å²) < 4.78 is 12.6. The van der Waals surface area contributed by atoms with E-state index in [1.54, 1.807) is 14.2 Å². The van der Waals surface area contributed by atoms with E-state index in [0.29, 0.717) is 16.6 Å². The first-order chi connectivity index (χ1) is 13.5. The third kappa shape index (κ3) is 5.01. The smallest absolute Gasteiger partial charge is 0.175 e. The monoisotopic (exact) mass is 396 g/mol. The quantitative estimate of drug-likeness (QED) is 0.603. The number of hydrogen-bond donors (Lipinski definition) is 2. The van der Waals surface area contributed by atoms with Gasteiger partial charge in [0.2, 0.25) is 0 Å². The van der Waals surface area contributed by atoms with Crippen molar-refractivity contribution in [2.45, 2.75) is 20.4 Å². The van der Waals surface area contributed by atoms with Gasteiger partial charge in [-0.1, -0.05) is 12.1 Å². The second kappa shape index (κ2) is 8.75. The number of thiocarbonyl (C=S) groups is 1. The molecule has 0 fully saturated rings. The molecule has 2 aromatic carbocycles. The van der Waals surface area contributed by atoms with E-state index in [-0.39, 0.29) is 0 Å². The maximum Gasteiger partial charge on any atom is 0.175 e. The number of rotatable bonds is 6. The molecule has 0 spiro atoms. The summed E-state index contributed by atoms with van der Waals surface area (Å²) in [6, 6.07) is 15.7. The number of aromatic nitrogens is 2. The fourth-order valence-corrected chi connectivity index (χ4v) is 3.11. The van der Waals surface area contributed by atoms with E-state index >= 15 is 0 Å². The van der Waals surface area contributed by atoms with E-state index in [1.165, 1.54) is 5.56 Å². The SMILES string of the molecule is COc1cc(NC(=S)Nc2ccc(Cn3nc(C)cc3C)cc2)cc(OC)c1. The van der Waals surface area contributed by atoms with Crippen LogP contribution in [0.25, 0.3) is 0 Å². The molecule has 0 unspecified atom stereocenters. The highest BCUT2D eigenvalue weighted by Gasteiger charge is 2.05. The molecule has 6 nitrogen and oxygen atoms in total. The van der Waals surface area contributed by atoms with E-state index < -0.39 is 0 Å². The highest BCUT2D eigenvalue weighted by atomic mass is 32.1. The Kier molecular flexibility index (Phi) is 6.16. The van der Waals surface area contributed by atoms with Gasteiger partial charge in [0, 0.05) is 35.3 Å². The largest absolute Gasteiger partial charge is 0.497 e. The molecule has 0 atom stereocenters. The average Bonchev–Trinajstić information content (AvgIpc) is 2.99. The van der Waals surface area contributed by atoms with Gasteiger partial charge in [0.1, 0.15) is 11.5 Å². The van der Waals surface area contributed by atoms with Gasteiger partial charge in [-0.3, -0.25) is 4.68 Å². The summed E-state index contributed by atoms with van der Waals surface area (Å²) in [5.41, 5.74) is 5.05. The zero-order valence-corrected chi connectivity index (χ0v) is 17.3. The van der Waals surface area contributed by atoms with Gasteiger partial charge in [0.15, 0.2) is 5.11 Å². The van der Waals surface area contributed by atoms with Crippen molar-refractivity contribution in [1.29, 1.82) is 0 Å². The van der Waals surface area contributed by atoms with Gasteiger partial charge in [-0.15, -0.1) is 0 Å². The van der Waals surface area contributed by atoms with Crippen LogP contribution in [0.15, 0.2) is 48.5 Å². The number of aryl methyl sites for hydroxylation is 2. The Bertz CT molecular complexity index is 945. The minimum atomic E-state index is 0.488. The minimum Gasteiger partial charge on any atom is -0.497 e. The first kappa shape index (κ1) is 19.7. The second-order valence-corrected chi connectivity index (χ2v) is 6.87. The lowest BCUT2D eigenvalue weighted by Gasteiger charge is -2.13. The number of ether oxygens (including phenoxy) is 2. The number of nitrogens with one attached hydrogen (secondary N) is 2. The normalized spacial score (nSPS) is 10.4. The topological polar surface area (TPSA) is 60.3 Å². The number of methoxy groups -OCH3 is 2. The van der Waals surface area contributed by atoms with Gasteiger partial charge in [-0.2, -0.15) is 5.10 Å². The summed E-state index contributed by atoms with van der Waals surface area (Å²) in [5, 5.41) is 11.3. The molecule has 2 N–H and O–H groups in total. The molecule has 0 saturated heterocycles. The maximum absolute atomic E-state index is 5.42. The number of anilines is 2.